The second-order valence-corrected chi connectivity index (χ2v) is 12.1. The zero-order valence-electron chi connectivity index (χ0n) is 29.8. The van der Waals surface area contributed by atoms with Crippen LogP contribution in [0, 0.1) is 0 Å². The van der Waals surface area contributed by atoms with Crippen LogP contribution in [0.3, 0.4) is 0 Å². The Bertz CT molecular complexity index is 1520. The van der Waals surface area contributed by atoms with E-state index < -0.39 is 29.8 Å². The average Bonchev–Trinajstić information content (AvgIpc) is 3.14. The van der Waals surface area contributed by atoms with Crippen LogP contribution in [-0.4, -0.2) is 69.5 Å². The molecule has 280 valence electrons. The first-order valence-corrected chi connectivity index (χ1v) is 17.4. The van der Waals surface area contributed by atoms with Gasteiger partial charge in [-0.25, -0.2) is 14.4 Å². The van der Waals surface area contributed by atoms with Gasteiger partial charge in [-0.15, -0.1) is 0 Å². The Labute approximate surface area is 304 Å². The highest BCUT2D eigenvalue weighted by Crippen LogP contribution is 2.22. The molecule has 0 atom stereocenters. The summed E-state index contributed by atoms with van der Waals surface area (Å²) in [5.74, 6) is -1.31. The van der Waals surface area contributed by atoms with Crippen LogP contribution in [0.25, 0.3) is 6.08 Å². The van der Waals surface area contributed by atoms with Crippen molar-refractivity contribution in [3.05, 3.63) is 84.5 Å². The van der Waals surface area contributed by atoms with Gasteiger partial charge < -0.3 is 33.2 Å². The van der Waals surface area contributed by atoms with E-state index in [1.165, 1.54) is 19.6 Å². The SMILES string of the molecule is C=C(CC(=O)OC)C(=O)OCCOc1ccc(OC(=O)/C=C/c2ccc(OCCCCCCOC(=O)C(=C)CC(=O)OC3CCCCC3)cc2)cc1. The maximum Gasteiger partial charge on any atom is 0.336 e. The Morgan fingerprint density at radius 1 is 0.654 bits per heavy atom. The number of unbranched alkanes of at least 4 members (excludes halogenated alkanes) is 3. The van der Waals surface area contributed by atoms with Crippen LogP contribution in [0.5, 0.6) is 17.2 Å². The molecular weight excluding hydrogens is 672 g/mol. The molecule has 2 aromatic carbocycles. The van der Waals surface area contributed by atoms with E-state index in [4.69, 9.17) is 28.4 Å². The molecule has 1 saturated carbocycles. The van der Waals surface area contributed by atoms with Crippen LogP contribution in [0.4, 0.5) is 0 Å². The third kappa shape index (κ3) is 16.5. The molecular formula is C40H48O12. The lowest BCUT2D eigenvalue weighted by molar-refractivity contribution is -0.151. The van der Waals surface area contributed by atoms with Crippen LogP contribution >= 0.6 is 0 Å². The number of rotatable bonds is 22. The summed E-state index contributed by atoms with van der Waals surface area (Å²) in [6.45, 7) is 8.01. The summed E-state index contributed by atoms with van der Waals surface area (Å²) in [4.78, 5) is 59.5. The van der Waals surface area contributed by atoms with Crippen LogP contribution in [0.2, 0.25) is 0 Å². The summed E-state index contributed by atoms with van der Waals surface area (Å²) in [7, 11) is 1.22. The fourth-order valence-corrected chi connectivity index (χ4v) is 4.98. The van der Waals surface area contributed by atoms with Crippen molar-refractivity contribution in [3.8, 4) is 17.2 Å². The minimum absolute atomic E-state index is 0.0107. The number of hydrogen-bond donors (Lipinski definition) is 0. The third-order valence-electron chi connectivity index (χ3n) is 7.83. The Morgan fingerprint density at radius 3 is 1.83 bits per heavy atom. The topological polar surface area (TPSA) is 150 Å². The number of ether oxygens (including phenoxy) is 7. The predicted molar refractivity (Wildman–Crippen MR) is 191 cm³/mol. The van der Waals surface area contributed by atoms with Crippen LogP contribution < -0.4 is 14.2 Å². The first kappa shape index (κ1) is 41.0. The number of carbonyl (C=O) groups excluding carboxylic acids is 5. The minimum Gasteiger partial charge on any atom is -0.494 e. The predicted octanol–water partition coefficient (Wildman–Crippen LogP) is 6.65. The zero-order valence-corrected chi connectivity index (χ0v) is 29.8. The highest BCUT2D eigenvalue weighted by molar-refractivity contribution is 5.94. The van der Waals surface area contributed by atoms with Gasteiger partial charge >= 0.3 is 29.8 Å². The standard InChI is InChI=1S/C40H48O12/c1-29(27-37(42)46-3)40(45)50-26-25-48-33-18-20-35(21-19-33)51-36(41)22-15-31-13-16-32(17-14-31)47-23-9-4-5-10-24-49-39(44)30(2)28-38(43)52-34-11-7-6-8-12-34/h13-22,34H,1-2,4-12,23-28H2,3H3/b22-15+. The van der Waals surface area contributed by atoms with E-state index in [2.05, 4.69) is 17.9 Å². The van der Waals surface area contributed by atoms with Crippen molar-refractivity contribution in [3.63, 3.8) is 0 Å². The van der Waals surface area contributed by atoms with Crippen molar-refractivity contribution >= 4 is 35.9 Å². The summed E-state index contributed by atoms with van der Waals surface area (Å²) in [5, 5.41) is 0. The molecule has 12 heteroatoms. The summed E-state index contributed by atoms with van der Waals surface area (Å²) in [6, 6.07) is 13.7. The van der Waals surface area contributed by atoms with Gasteiger partial charge in [-0.2, -0.15) is 0 Å². The highest BCUT2D eigenvalue weighted by atomic mass is 16.6. The first-order valence-electron chi connectivity index (χ1n) is 17.4. The number of esters is 5. The second-order valence-electron chi connectivity index (χ2n) is 12.1. The van der Waals surface area contributed by atoms with Crippen molar-refractivity contribution < 1.29 is 57.1 Å². The molecule has 0 bridgehead atoms. The molecule has 0 N–H and O–H groups in total. The Balaban J connectivity index is 1.22. The van der Waals surface area contributed by atoms with Gasteiger partial charge in [0.05, 0.1) is 33.2 Å². The largest absolute Gasteiger partial charge is 0.494 e. The normalized spacial score (nSPS) is 12.7. The minimum atomic E-state index is -0.706. The van der Waals surface area contributed by atoms with Crippen molar-refractivity contribution in [2.45, 2.75) is 76.7 Å². The number of hydrogen-bond acceptors (Lipinski definition) is 12. The maximum absolute atomic E-state index is 12.3. The van der Waals surface area contributed by atoms with Gasteiger partial charge in [0.25, 0.3) is 0 Å². The molecule has 1 fully saturated rings. The Hall–Kier alpha value is -5.39. The number of methoxy groups -OCH3 is 1. The van der Waals surface area contributed by atoms with Crippen molar-refractivity contribution in [1.82, 2.24) is 0 Å². The Morgan fingerprint density at radius 2 is 1.19 bits per heavy atom. The lowest BCUT2D eigenvalue weighted by atomic mass is 9.98. The molecule has 3 rings (SSSR count). The molecule has 12 nitrogen and oxygen atoms in total. The van der Waals surface area contributed by atoms with E-state index in [0.717, 1.165) is 50.5 Å². The van der Waals surface area contributed by atoms with Gasteiger partial charge in [-0.1, -0.05) is 31.7 Å². The van der Waals surface area contributed by atoms with Gasteiger partial charge in [0.15, 0.2) is 0 Å². The smallest absolute Gasteiger partial charge is 0.336 e. The zero-order chi connectivity index (χ0) is 37.6. The molecule has 0 amide bonds. The summed E-state index contributed by atoms with van der Waals surface area (Å²) in [6.07, 6.45) is 10.9. The third-order valence-corrected chi connectivity index (χ3v) is 7.83. The molecule has 0 spiro atoms. The monoisotopic (exact) mass is 720 g/mol. The van der Waals surface area contributed by atoms with E-state index in [1.807, 2.05) is 24.3 Å². The van der Waals surface area contributed by atoms with Gasteiger partial charge in [0, 0.05) is 17.2 Å². The van der Waals surface area contributed by atoms with Crippen molar-refractivity contribution in [1.29, 1.82) is 0 Å². The molecule has 1 aliphatic carbocycles. The molecule has 0 saturated heterocycles. The molecule has 52 heavy (non-hydrogen) atoms. The van der Waals surface area contributed by atoms with Crippen LogP contribution in [0.15, 0.2) is 78.9 Å². The Kier molecular flexibility index (Phi) is 18.3. The van der Waals surface area contributed by atoms with Crippen molar-refractivity contribution in [2.75, 3.05) is 33.5 Å². The molecule has 0 unspecified atom stereocenters. The molecule has 1 aliphatic rings. The fourth-order valence-electron chi connectivity index (χ4n) is 4.98. The molecule has 0 heterocycles. The molecule has 0 aromatic heterocycles. The van der Waals surface area contributed by atoms with Crippen LogP contribution in [0.1, 0.15) is 76.2 Å². The van der Waals surface area contributed by atoms with E-state index in [0.29, 0.717) is 30.3 Å². The van der Waals surface area contributed by atoms with E-state index in [9.17, 15) is 24.0 Å². The highest BCUT2D eigenvalue weighted by Gasteiger charge is 2.20. The summed E-state index contributed by atoms with van der Waals surface area (Å²) in [5.41, 5.74) is 0.898. The fraction of sp³-hybridized carbons (Fsp3) is 0.425. The quantitative estimate of drug-likeness (QED) is 0.0421. The first-order chi connectivity index (χ1) is 25.1. The molecule has 0 radical (unpaired) electrons. The van der Waals surface area contributed by atoms with Gasteiger partial charge in [0.1, 0.15) is 36.6 Å². The second kappa shape index (κ2) is 23.2. The van der Waals surface area contributed by atoms with Crippen molar-refractivity contribution in [2.24, 2.45) is 0 Å². The lowest BCUT2D eigenvalue weighted by Gasteiger charge is -2.21. The maximum atomic E-state index is 12.3. The van der Waals surface area contributed by atoms with Gasteiger partial charge in [0.2, 0.25) is 0 Å². The molecule has 2 aromatic rings. The number of benzene rings is 2. The lowest BCUT2D eigenvalue weighted by Crippen LogP contribution is -2.22. The molecule has 0 aliphatic heterocycles. The van der Waals surface area contributed by atoms with E-state index in [1.54, 1.807) is 30.3 Å². The summed E-state index contributed by atoms with van der Waals surface area (Å²) >= 11 is 0. The van der Waals surface area contributed by atoms with E-state index >= 15 is 0 Å². The number of carbonyl (C=O) groups is 5. The van der Waals surface area contributed by atoms with E-state index in [-0.39, 0.29) is 49.9 Å². The van der Waals surface area contributed by atoms with Gasteiger partial charge in [-0.3, -0.25) is 9.59 Å². The van der Waals surface area contributed by atoms with Gasteiger partial charge in [-0.05, 0) is 99.4 Å². The van der Waals surface area contributed by atoms with Crippen LogP contribution in [-0.2, 0) is 42.9 Å². The summed E-state index contributed by atoms with van der Waals surface area (Å²) < 4.78 is 36.8. The average molecular weight is 721 g/mol.